The molecule has 4 aromatic heterocycles. The molecule has 6 rings (SSSR count). The lowest BCUT2D eigenvalue weighted by atomic mass is 10.1. The molecule has 0 spiro atoms. The van der Waals surface area contributed by atoms with Gasteiger partial charge in [0, 0.05) is 34.1 Å². The Hall–Kier alpha value is -7.44. The van der Waals surface area contributed by atoms with Crippen molar-refractivity contribution >= 4 is 23.5 Å². The summed E-state index contributed by atoms with van der Waals surface area (Å²) in [5.74, 6) is 6.41. The fourth-order valence-electron chi connectivity index (χ4n) is 3.96. The highest BCUT2D eigenvalue weighted by Crippen LogP contribution is 2.20. The number of aromatic nitrogens is 6. The summed E-state index contributed by atoms with van der Waals surface area (Å²) >= 11 is 0. The van der Waals surface area contributed by atoms with Crippen LogP contribution < -0.4 is 20.1 Å². The van der Waals surface area contributed by atoms with Gasteiger partial charge in [0.15, 0.2) is 11.6 Å². The summed E-state index contributed by atoms with van der Waals surface area (Å²) < 4.78 is 11.1. The van der Waals surface area contributed by atoms with Crippen LogP contribution in [0.4, 0.5) is 11.6 Å². The molecule has 4 heterocycles. The number of hydrogen-bond donors (Lipinski definition) is 2. The molecule has 2 aromatic carbocycles. The van der Waals surface area contributed by atoms with E-state index in [1.54, 1.807) is 85.3 Å². The van der Waals surface area contributed by atoms with Gasteiger partial charge in [0.1, 0.15) is 11.5 Å². The molecule has 2 amide bonds. The SMILES string of the molecule is C#Cc1cccc(C(=O)Nc2cncc(Oc3ccc(C)nc3)n2)c1.C#Cc1cccc(C(=O)Nc2cncc(Oc3cccnc3)n2)c1. The highest BCUT2D eigenvalue weighted by molar-refractivity contribution is 6.04. The summed E-state index contributed by atoms with van der Waals surface area (Å²) in [6.07, 6.45) is 21.2. The number of carbonyl (C=O) groups is 2. The van der Waals surface area contributed by atoms with Crippen LogP contribution in [0.3, 0.4) is 0 Å². The Morgan fingerprint density at radius 1 is 0.633 bits per heavy atom. The van der Waals surface area contributed by atoms with Crippen molar-refractivity contribution in [2.75, 3.05) is 10.6 Å². The van der Waals surface area contributed by atoms with Crippen molar-refractivity contribution in [1.82, 2.24) is 29.9 Å². The van der Waals surface area contributed by atoms with Gasteiger partial charge in [-0.2, -0.15) is 9.97 Å². The third kappa shape index (κ3) is 9.77. The predicted molar refractivity (Wildman–Crippen MR) is 182 cm³/mol. The molecular weight excluding hydrogens is 620 g/mol. The topological polar surface area (TPSA) is 154 Å². The summed E-state index contributed by atoms with van der Waals surface area (Å²) in [6, 6.07) is 20.6. The number of rotatable bonds is 8. The van der Waals surface area contributed by atoms with Gasteiger partial charge in [0.25, 0.3) is 11.8 Å². The Labute approximate surface area is 281 Å². The molecule has 12 heteroatoms. The van der Waals surface area contributed by atoms with Crippen molar-refractivity contribution < 1.29 is 19.1 Å². The first-order chi connectivity index (χ1) is 23.9. The van der Waals surface area contributed by atoms with Crippen LogP contribution in [-0.4, -0.2) is 41.7 Å². The molecule has 6 aromatic rings. The van der Waals surface area contributed by atoms with E-state index in [0.717, 1.165) is 5.69 Å². The number of amides is 2. The molecule has 0 unspecified atom stereocenters. The smallest absolute Gasteiger partial charge is 0.256 e. The molecule has 0 aliphatic rings. The van der Waals surface area contributed by atoms with Crippen LogP contribution in [0.25, 0.3) is 0 Å². The van der Waals surface area contributed by atoms with Gasteiger partial charge in [-0.1, -0.05) is 24.0 Å². The molecular formula is C37H26N8O4. The Morgan fingerprint density at radius 2 is 1.18 bits per heavy atom. The summed E-state index contributed by atoms with van der Waals surface area (Å²) in [5.41, 5.74) is 3.01. The number of carbonyl (C=O) groups excluding carboxylic acids is 2. The van der Waals surface area contributed by atoms with Crippen LogP contribution in [0.2, 0.25) is 0 Å². The van der Waals surface area contributed by atoms with E-state index in [2.05, 4.69) is 52.4 Å². The summed E-state index contributed by atoms with van der Waals surface area (Å²) in [6.45, 7) is 1.88. The zero-order chi connectivity index (χ0) is 34.4. The van der Waals surface area contributed by atoms with Crippen molar-refractivity contribution in [3.05, 3.63) is 144 Å². The van der Waals surface area contributed by atoms with E-state index in [1.807, 2.05) is 13.0 Å². The summed E-state index contributed by atoms with van der Waals surface area (Å²) in [5, 5.41) is 5.33. The molecule has 49 heavy (non-hydrogen) atoms. The minimum Gasteiger partial charge on any atom is -0.436 e. The fourth-order valence-corrected chi connectivity index (χ4v) is 3.96. The highest BCUT2D eigenvalue weighted by atomic mass is 16.5. The van der Waals surface area contributed by atoms with Crippen molar-refractivity contribution in [2.24, 2.45) is 0 Å². The van der Waals surface area contributed by atoms with Crippen LogP contribution in [0, 0.1) is 31.6 Å². The van der Waals surface area contributed by atoms with E-state index in [9.17, 15) is 9.59 Å². The Kier molecular flexibility index (Phi) is 10.9. The predicted octanol–water partition coefficient (Wildman–Crippen LogP) is 6.10. The maximum Gasteiger partial charge on any atom is 0.256 e. The maximum atomic E-state index is 12.3. The first kappa shape index (κ1) is 32.9. The molecule has 238 valence electrons. The van der Waals surface area contributed by atoms with Gasteiger partial charge in [-0.05, 0) is 67.6 Å². The maximum absolute atomic E-state index is 12.3. The van der Waals surface area contributed by atoms with Crippen LogP contribution >= 0.6 is 0 Å². The molecule has 0 aliphatic heterocycles. The summed E-state index contributed by atoms with van der Waals surface area (Å²) in [7, 11) is 0. The van der Waals surface area contributed by atoms with E-state index < -0.39 is 0 Å². The average Bonchev–Trinajstić information content (AvgIpc) is 3.13. The first-order valence-electron chi connectivity index (χ1n) is 14.5. The zero-order valence-electron chi connectivity index (χ0n) is 25.9. The van der Waals surface area contributed by atoms with Gasteiger partial charge in [0.2, 0.25) is 11.8 Å². The lowest BCUT2D eigenvalue weighted by Crippen LogP contribution is -2.13. The second-order valence-corrected chi connectivity index (χ2v) is 9.87. The van der Waals surface area contributed by atoms with Crippen molar-refractivity contribution in [2.45, 2.75) is 6.92 Å². The number of nitrogens with zero attached hydrogens (tertiary/aromatic N) is 6. The monoisotopic (exact) mass is 646 g/mol. The quantitative estimate of drug-likeness (QED) is 0.185. The molecule has 2 N–H and O–H groups in total. The van der Waals surface area contributed by atoms with Crippen LogP contribution in [-0.2, 0) is 0 Å². The van der Waals surface area contributed by atoms with Gasteiger partial charge >= 0.3 is 0 Å². The van der Waals surface area contributed by atoms with Gasteiger partial charge in [0.05, 0.1) is 37.2 Å². The standard InChI is InChI=1S/C19H14N4O2.C18H12N4O2/c1-3-14-5-4-6-15(9-14)19(24)23-17-11-20-12-18(22-17)25-16-8-7-13(2)21-10-16;1-2-13-5-3-6-14(9-13)18(23)22-16-11-20-12-17(21-16)24-15-7-4-8-19-10-15/h1,4-12H,2H3,(H,22,23,24);1,3-12H,(H,21,22,23). The molecule has 0 atom stereocenters. The molecule has 0 saturated carbocycles. The average molecular weight is 647 g/mol. The van der Waals surface area contributed by atoms with E-state index in [-0.39, 0.29) is 35.2 Å². The third-order valence-corrected chi connectivity index (χ3v) is 6.25. The number of ether oxygens (including phenoxy) is 2. The van der Waals surface area contributed by atoms with E-state index >= 15 is 0 Å². The number of benzene rings is 2. The largest absolute Gasteiger partial charge is 0.436 e. The van der Waals surface area contributed by atoms with Gasteiger partial charge in [-0.15, -0.1) is 12.8 Å². The number of aryl methyl sites for hydroxylation is 1. The second-order valence-electron chi connectivity index (χ2n) is 9.87. The minimum absolute atomic E-state index is 0.248. The van der Waals surface area contributed by atoms with Crippen LogP contribution in [0.1, 0.15) is 37.5 Å². The van der Waals surface area contributed by atoms with E-state index in [1.165, 1.54) is 24.8 Å². The Bertz CT molecular complexity index is 2160. The Morgan fingerprint density at radius 3 is 1.65 bits per heavy atom. The van der Waals surface area contributed by atoms with Crippen LogP contribution in [0.15, 0.2) is 116 Å². The second kappa shape index (κ2) is 16.2. The summed E-state index contributed by atoms with van der Waals surface area (Å²) in [4.78, 5) is 49.1. The number of hydrogen-bond acceptors (Lipinski definition) is 10. The Balaban J connectivity index is 0.000000191. The van der Waals surface area contributed by atoms with Crippen molar-refractivity contribution in [3.63, 3.8) is 0 Å². The fraction of sp³-hybridized carbons (Fsp3) is 0.0270. The first-order valence-corrected chi connectivity index (χ1v) is 14.5. The van der Waals surface area contributed by atoms with E-state index in [4.69, 9.17) is 22.3 Å². The van der Waals surface area contributed by atoms with Crippen molar-refractivity contribution in [1.29, 1.82) is 0 Å². The number of pyridine rings is 2. The van der Waals surface area contributed by atoms with Crippen molar-refractivity contribution in [3.8, 4) is 47.9 Å². The molecule has 0 radical (unpaired) electrons. The molecule has 0 saturated heterocycles. The van der Waals surface area contributed by atoms with E-state index in [0.29, 0.717) is 33.8 Å². The van der Waals surface area contributed by atoms with Crippen LogP contribution in [0.5, 0.6) is 23.3 Å². The molecule has 0 aliphatic carbocycles. The normalized spacial score (nSPS) is 9.86. The molecule has 0 fully saturated rings. The molecule has 12 nitrogen and oxygen atoms in total. The zero-order valence-corrected chi connectivity index (χ0v) is 25.9. The highest BCUT2D eigenvalue weighted by Gasteiger charge is 2.10. The van der Waals surface area contributed by atoms with Gasteiger partial charge in [-0.25, -0.2) is 0 Å². The van der Waals surface area contributed by atoms with Gasteiger partial charge < -0.3 is 20.1 Å². The number of nitrogens with one attached hydrogen (secondary N) is 2. The van der Waals surface area contributed by atoms with Gasteiger partial charge in [-0.3, -0.25) is 29.5 Å². The lowest BCUT2D eigenvalue weighted by Gasteiger charge is -2.07. The number of anilines is 2. The number of terminal acetylenes is 2. The minimum atomic E-state index is -0.333. The lowest BCUT2D eigenvalue weighted by molar-refractivity contribution is 0.101. The molecule has 0 bridgehead atoms. The third-order valence-electron chi connectivity index (χ3n) is 6.25.